The van der Waals surface area contributed by atoms with Crippen LogP contribution in [0.1, 0.15) is 26.7 Å². The van der Waals surface area contributed by atoms with Gasteiger partial charge in [0.15, 0.2) is 0 Å². The Morgan fingerprint density at radius 1 is 1.05 bits per heavy atom. The molecule has 2 aliphatic rings. The molecule has 3 rings (SSSR count). The number of rotatable bonds is 1. The van der Waals surface area contributed by atoms with Gasteiger partial charge in [-0.3, -0.25) is 0 Å². The number of fused-ring (bicyclic) bond motifs is 1. The molecule has 0 radical (unpaired) electrons. The lowest BCUT2D eigenvalue weighted by Crippen LogP contribution is -2.44. The van der Waals surface area contributed by atoms with Gasteiger partial charge in [0.1, 0.15) is 5.82 Å². The molecule has 2 unspecified atom stereocenters. The van der Waals surface area contributed by atoms with Crippen molar-refractivity contribution in [1.29, 1.82) is 0 Å². The van der Waals surface area contributed by atoms with E-state index in [0.717, 1.165) is 12.5 Å². The summed E-state index contributed by atoms with van der Waals surface area (Å²) < 4.78 is 12.9. The molecule has 19 heavy (non-hydrogen) atoms. The Labute approximate surface area is 116 Å². The predicted octanol–water partition coefficient (Wildman–Crippen LogP) is 3.38. The molecule has 0 aliphatic carbocycles. The topological polar surface area (TPSA) is 6.48 Å². The van der Waals surface area contributed by atoms with Crippen LogP contribution < -0.4 is 4.90 Å². The smallest absolute Gasteiger partial charge is 0.123 e. The maximum Gasteiger partial charge on any atom is 0.123 e. The quantitative estimate of drug-likeness (QED) is 0.767. The van der Waals surface area contributed by atoms with Crippen molar-refractivity contribution in [3.8, 4) is 0 Å². The molecule has 0 N–H and O–H groups in total. The normalized spacial score (nSPS) is 26.6. The first-order valence-corrected chi connectivity index (χ1v) is 7.45. The third-order valence-corrected chi connectivity index (χ3v) is 4.20. The average molecular weight is 264 g/mol. The van der Waals surface area contributed by atoms with Crippen molar-refractivity contribution in [1.82, 2.24) is 4.90 Å². The predicted molar refractivity (Wildman–Crippen MR) is 79.1 cm³/mol. The van der Waals surface area contributed by atoms with Gasteiger partial charge < -0.3 is 9.80 Å². The number of hydrogen-bond acceptors (Lipinski definition) is 2. The molecular weight excluding hydrogens is 239 g/mol. The molecule has 106 valence electrons. The van der Waals surface area contributed by atoms with Crippen LogP contribution in [0, 0.1) is 11.7 Å². The summed E-state index contributed by atoms with van der Waals surface area (Å²) in [5.41, 5.74) is 1.18. The molecule has 0 saturated carbocycles. The average Bonchev–Trinajstić information content (AvgIpc) is 2.85. The van der Waals surface area contributed by atoms with Crippen LogP contribution in [0.25, 0.3) is 0 Å². The van der Waals surface area contributed by atoms with Gasteiger partial charge in [-0.1, -0.05) is 13.8 Å². The van der Waals surface area contributed by atoms with E-state index < -0.39 is 0 Å². The summed E-state index contributed by atoms with van der Waals surface area (Å²) in [4.78, 5) is 4.90. The van der Waals surface area contributed by atoms with Crippen LogP contribution >= 0.6 is 0 Å². The fourth-order valence-corrected chi connectivity index (χ4v) is 3.32. The minimum atomic E-state index is -0.145. The molecule has 2 heterocycles. The zero-order valence-corrected chi connectivity index (χ0v) is 12.3. The molecule has 2 fully saturated rings. The summed E-state index contributed by atoms with van der Waals surface area (Å²) in [6, 6.07) is 7.62. The Balaban J connectivity index is 0.000000637. The second-order valence-corrected chi connectivity index (χ2v) is 5.34. The Kier molecular flexibility index (Phi) is 4.81. The van der Waals surface area contributed by atoms with Crippen LogP contribution in [-0.2, 0) is 0 Å². The Bertz CT molecular complexity index is 390. The van der Waals surface area contributed by atoms with Crippen molar-refractivity contribution in [2.75, 3.05) is 31.6 Å². The SMILES string of the molecule is CC.CN1CCC2C(CCN2c2ccc(F)cc2)C1. The number of likely N-dealkylation sites (tertiary alicyclic amines) is 1. The molecule has 3 heteroatoms. The van der Waals surface area contributed by atoms with E-state index in [4.69, 9.17) is 0 Å². The van der Waals surface area contributed by atoms with Crippen LogP contribution in [0.3, 0.4) is 0 Å². The van der Waals surface area contributed by atoms with Crippen LogP contribution in [0.15, 0.2) is 24.3 Å². The number of benzene rings is 1. The molecule has 0 bridgehead atoms. The van der Waals surface area contributed by atoms with Crippen molar-refractivity contribution in [2.45, 2.75) is 32.7 Å². The van der Waals surface area contributed by atoms with Crippen molar-refractivity contribution in [3.05, 3.63) is 30.1 Å². The van der Waals surface area contributed by atoms with E-state index in [1.165, 1.54) is 31.6 Å². The van der Waals surface area contributed by atoms with E-state index in [1.54, 1.807) is 12.1 Å². The molecule has 0 aromatic heterocycles. The molecule has 2 atom stereocenters. The van der Waals surface area contributed by atoms with Crippen molar-refractivity contribution in [2.24, 2.45) is 5.92 Å². The minimum absolute atomic E-state index is 0.145. The summed E-state index contributed by atoms with van der Waals surface area (Å²) in [6.45, 7) is 7.51. The van der Waals surface area contributed by atoms with Crippen molar-refractivity contribution in [3.63, 3.8) is 0 Å². The van der Waals surface area contributed by atoms with E-state index in [0.29, 0.717) is 6.04 Å². The van der Waals surface area contributed by atoms with E-state index >= 15 is 0 Å². The highest BCUT2D eigenvalue weighted by atomic mass is 19.1. The van der Waals surface area contributed by atoms with Crippen molar-refractivity contribution < 1.29 is 4.39 Å². The molecule has 0 spiro atoms. The maximum absolute atomic E-state index is 12.9. The van der Waals surface area contributed by atoms with Gasteiger partial charge in [0.25, 0.3) is 0 Å². The molecule has 2 saturated heterocycles. The first-order valence-electron chi connectivity index (χ1n) is 7.45. The summed E-state index contributed by atoms with van der Waals surface area (Å²) in [6.07, 6.45) is 2.50. The third-order valence-electron chi connectivity index (χ3n) is 4.20. The second kappa shape index (κ2) is 6.38. The lowest BCUT2D eigenvalue weighted by molar-refractivity contribution is 0.202. The lowest BCUT2D eigenvalue weighted by atomic mass is 9.93. The van der Waals surface area contributed by atoms with Crippen LogP contribution in [0.4, 0.5) is 10.1 Å². The van der Waals surface area contributed by atoms with E-state index in [1.807, 2.05) is 26.0 Å². The number of hydrogen-bond donors (Lipinski definition) is 0. The van der Waals surface area contributed by atoms with Crippen LogP contribution in [0.2, 0.25) is 0 Å². The number of nitrogens with zero attached hydrogens (tertiary/aromatic N) is 2. The summed E-state index contributed by atoms with van der Waals surface area (Å²) in [5.74, 6) is 0.645. The third kappa shape index (κ3) is 3.08. The first kappa shape index (κ1) is 14.3. The van der Waals surface area contributed by atoms with E-state index in [-0.39, 0.29) is 5.82 Å². The number of anilines is 1. The maximum atomic E-state index is 12.9. The summed E-state index contributed by atoms with van der Waals surface area (Å²) >= 11 is 0. The number of halogens is 1. The second-order valence-electron chi connectivity index (χ2n) is 5.34. The minimum Gasteiger partial charge on any atom is -0.368 e. The number of piperidine rings is 1. The van der Waals surface area contributed by atoms with E-state index in [2.05, 4.69) is 16.8 Å². The highest BCUT2D eigenvalue weighted by Gasteiger charge is 2.37. The van der Waals surface area contributed by atoms with Gasteiger partial charge in [0, 0.05) is 24.8 Å². The Hall–Kier alpha value is -1.09. The van der Waals surface area contributed by atoms with Gasteiger partial charge in [-0.25, -0.2) is 4.39 Å². The molecule has 1 aromatic rings. The first-order chi connectivity index (χ1) is 9.24. The van der Waals surface area contributed by atoms with Gasteiger partial charge in [-0.05, 0) is 56.6 Å². The van der Waals surface area contributed by atoms with Crippen LogP contribution in [-0.4, -0.2) is 37.6 Å². The molecule has 2 nitrogen and oxygen atoms in total. The summed E-state index contributed by atoms with van der Waals surface area (Å²) in [7, 11) is 2.21. The molecular formula is C16H25FN2. The van der Waals surface area contributed by atoms with E-state index in [9.17, 15) is 4.39 Å². The monoisotopic (exact) mass is 264 g/mol. The summed E-state index contributed by atoms with van der Waals surface area (Å²) in [5, 5.41) is 0. The molecule has 2 aliphatic heterocycles. The molecule has 1 aromatic carbocycles. The van der Waals surface area contributed by atoms with Crippen LogP contribution in [0.5, 0.6) is 0 Å². The highest BCUT2D eigenvalue weighted by molar-refractivity contribution is 5.48. The fraction of sp³-hybridized carbons (Fsp3) is 0.625. The van der Waals surface area contributed by atoms with Gasteiger partial charge in [0.2, 0.25) is 0 Å². The van der Waals surface area contributed by atoms with Gasteiger partial charge in [-0.2, -0.15) is 0 Å². The van der Waals surface area contributed by atoms with Crippen molar-refractivity contribution >= 4 is 5.69 Å². The Morgan fingerprint density at radius 3 is 2.42 bits per heavy atom. The zero-order chi connectivity index (χ0) is 13.8. The fourth-order valence-electron chi connectivity index (χ4n) is 3.32. The van der Waals surface area contributed by atoms with Gasteiger partial charge >= 0.3 is 0 Å². The molecule has 0 amide bonds. The lowest BCUT2D eigenvalue weighted by Gasteiger charge is -2.37. The largest absolute Gasteiger partial charge is 0.368 e. The standard InChI is InChI=1S/C14H19FN2.C2H6/c1-16-8-7-14-11(10-16)6-9-17(14)13-4-2-12(15)3-5-13;1-2/h2-5,11,14H,6-10H2,1H3;1-2H3. The Morgan fingerprint density at radius 2 is 1.74 bits per heavy atom. The highest BCUT2D eigenvalue weighted by Crippen LogP contribution is 2.34. The van der Waals surface area contributed by atoms with Gasteiger partial charge in [0.05, 0.1) is 0 Å². The van der Waals surface area contributed by atoms with Gasteiger partial charge in [-0.15, -0.1) is 0 Å². The zero-order valence-electron chi connectivity index (χ0n) is 12.3.